The number of hydrogen-bond acceptors (Lipinski definition) is 5. The highest BCUT2D eigenvalue weighted by Gasteiger charge is 2.41. The van der Waals surface area contributed by atoms with Crippen LogP contribution in [0.5, 0.6) is 5.75 Å². The smallest absolute Gasteiger partial charge is 0.348 e. The Balaban J connectivity index is 2.11. The molecular weight excluding hydrogens is 248 g/mol. The second-order valence-corrected chi connectivity index (χ2v) is 4.17. The lowest BCUT2D eigenvalue weighted by molar-refractivity contribution is -0.133. The van der Waals surface area contributed by atoms with Crippen LogP contribution in [-0.4, -0.2) is 19.0 Å². The van der Waals surface area contributed by atoms with E-state index in [1.54, 1.807) is 38.3 Å². The molecule has 0 atom stereocenters. The minimum Gasteiger partial charge on any atom is -0.497 e. The molecular formula is C14H10O5. The van der Waals surface area contributed by atoms with Gasteiger partial charge in [-0.15, -0.1) is 0 Å². The lowest BCUT2D eigenvalue weighted by Gasteiger charge is -2.03. The van der Waals surface area contributed by atoms with Crippen molar-refractivity contribution in [2.75, 3.05) is 7.11 Å². The van der Waals surface area contributed by atoms with Crippen LogP contribution in [0.25, 0.3) is 5.57 Å². The van der Waals surface area contributed by atoms with Gasteiger partial charge in [-0.05, 0) is 24.6 Å². The van der Waals surface area contributed by atoms with Crippen molar-refractivity contribution in [3.8, 4) is 5.75 Å². The van der Waals surface area contributed by atoms with E-state index in [4.69, 9.17) is 14.2 Å². The number of benzene rings is 1. The summed E-state index contributed by atoms with van der Waals surface area (Å²) in [6, 6.07) is 6.88. The first kappa shape index (κ1) is 11.5. The first-order valence-electron chi connectivity index (χ1n) is 5.66. The van der Waals surface area contributed by atoms with Crippen molar-refractivity contribution >= 4 is 17.5 Å². The summed E-state index contributed by atoms with van der Waals surface area (Å²) in [6.45, 7) is 1.56. The molecule has 1 aromatic carbocycles. The molecule has 19 heavy (non-hydrogen) atoms. The molecule has 0 bridgehead atoms. The van der Waals surface area contributed by atoms with E-state index >= 15 is 0 Å². The lowest BCUT2D eigenvalue weighted by Crippen LogP contribution is -2.03. The number of carbonyl (C=O) groups is 2. The van der Waals surface area contributed by atoms with Gasteiger partial charge in [-0.1, -0.05) is 12.1 Å². The highest BCUT2D eigenvalue weighted by atomic mass is 16.6. The van der Waals surface area contributed by atoms with Crippen molar-refractivity contribution in [1.82, 2.24) is 0 Å². The van der Waals surface area contributed by atoms with E-state index in [0.717, 1.165) is 0 Å². The molecule has 0 saturated carbocycles. The van der Waals surface area contributed by atoms with Crippen LogP contribution in [0.1, 0.15) is 12.5 Å². The standard InChI is InChI=1S/C14H10O5/c1-7-11-12(19-13(7)15)10(14(16)18-11)8-3-5-9(17-2)6-4-8/h3-6H,1-2H3. The molecule has 2 heterocycles. The first-order valence-corrected chi connectivity index (χ1v) is 5.66. The number of esters is 2. The maximum Gasteiger partial charge on any atom is 0.348 e. The Morgan fingerprint density at radius 3 is 2.21 bits per heavy atom. The first-order chi connectivity index (χ1) is 9.11. The molecule has 1 aromatic rings. The highest BCUT2D eigenvalue weighted by molar-refractivity contribution is 6.22. The van der Waals surface area contributed by atoms with Crippen LogP contribution in [0.15, 0.2) is 41.4 Å². The molecule has 0 aromatic heterocycles. The average molecular weight is 258 g/mol. The molecule has 2 aliphatic heterocycles. The second kappa shape index (κ2) is 3.98. The fourth-order valence-corrected chi connectivity index (χ4v) is 2.01. The van der Waals surface area contributed by atoms with Crippen molar-refractivity contribution in [1.29, 1.82) is 0 Å². The summed E-state index contributed by atoms with van der Waals surface area (Å²) in [5.74, 6) is 0.111. The summed E-state index contributed by atoms with van der Waals surface area (Å²) in [6.07, 6.45) is 0. The van der Waals surface area contributed by atoms with Crippen LogP contribution >= 0.6 is 0 Å². The molecule has 0 unspecified atom stereocenters. The molecule has 5 heteroatoms. The Labute approximate surface area is 109 Å². The Morgan fingerprint density at radius 2 is 1.58 bits per heavy atom. The molecule has 0 radical (unpaired) electrons. The zero-order chi connectivity index (χ0) is 13.6. The van der Waals surface area contributed by atoms with E-state index in [2.05, 4.69) is 0 Å². The Kier molecular flexibility index (Phi) is 2.41. The van der Waals surface area contributed by atoms with Gasteiger partial charge in [-0.25, -0.2) is 9.59 Å². The average Bonchev–Trinajstić information content (AvgIpc) is 2.87. The summed E-state index contributed by atoms with van der Waals surface area (Å²) in [7, 11) is 1.56. The molecule has 0 aliphatic carbocycles. The topological polar surface area (TPSA) is 61.8 Å². The van der Waals surface area contributed by atoms with Crippen LogP contribution in [0, 0.1) is 0 Å². The van der Waals surface area contributed by atoms with Crippen LogP contribution in [0.2, 0.25) is 0 Å². The molecule has 3 rings (SSSR count). The van der Waals surface area contributed by atoms with Crippen molar-refractivity contribution in [3.05, 3.63) is 46.9 Å². The van der Waals surface area contributed by atoms with Gasteiger partial charge >= 0.3 is 11.9 Å². The Hall–Kier alpha value is -2.56. The maximum atomic E-state index is 11.9. The molecule has 0 N–H and O–H groups in total. The normalized spacial score (nSPS) is 17.6. The van der Waals surface area contributed by atoms with Crippen LogP contribution in [0.4, 0.5) is 0 Å². The third-order valence-corrected chi connectivity index (χ3v) is 3.05. The Bertz CT molecular complexity index is 649. The molecule has 2 aliphatic rings. The van der Waals surface area contributed by atoms with E-state index in [9.17, 15) is 9.59 Å². The largest absolute Gasteiger partial charge is 0.497 e. The van der Waals surface area contributed by atoms with Crippen molar-refractivity contribution in [3.63, 3.8) is 0 Å². The molecule has 0 saturated heterocycles. The van der Waals surface area contributed by atoms with Crippen molar-refractivity contribution in [2.45, 2.75) is 6.92 Å². The van der Waals surface area contributed by atoms with Gasteiger partial charge in [0.05, 0.1) is 12.7 Å². The molecule has 0 amide bonds. The molecule has 5 nitrogen and oxygen atoms in total. The summed E-state index contributed by atoms with van der Waals surface area (Å²) in [4.78, 5) is 23.3. The van der Waals surface area contributed by atoms with Gasteiger partial charge in [0.25, 0.3) is 0 Å². The van der Waals surface area contributed by atoms with Crippen LogP contribution in [0.3, 0.4) is 0 Å². The second-order valence-electron chi connectivity index (χ2n) is 4.17. The van der Waals surface area contributed by atoms with Gasteiger partial charge in [0, 0.05) is 0 Å². The van der Waals surface area contributed by atoms with E-state index < -0.39 is 11.9 Å². The third kappa shape index (κ3) is 1.62. The van der Waals surface area contributed by atoms with Crippen molar-refractivity contribution < 1.29 is 23.8 Å². The number of fused-ring (bicyclic) bond motifs is 1. The van der Waals surface area contributed by atoms with E-state index in [0.29, 0.717) is 16.9 Å². The van der Waals surface area contributed by atoms with Crippen LogP contribution < -0.4 is 4.74 Å². The van der Waals surface area contributed by atoms with Crippen molar-refractivity contribution in [2.24, 2.45) is 0 Å². The highest BCUT2D eigenvalue weighted by Crippen LogP contribution is 2.40. The minimum absolute atomic E-state index is 0.206. The summed E-state index contributed by atoms with van der Waals surface area (Å²) in [5, 5.41) is 0. The number of methoxy groups -OCH3 is 1. The third-order valence-electron chi connectivity index (χ3n) is 3.05. The minimum atomic E-state index is -0.512. The monoisotopic (exact) mass is 258 g/mol. The fourth-order valence-electron chi connectivity index (χ4n) is 2.01. The zero-order valence-electron chi connectivity index (χ0n) is 10.4. The molecule has 96 valence electrons. The van der Waals surface area contributed by atoms with E-state index in [-0.39, 0.29) is 17.1 Å². The van der Waals surface area contributed by atoms with E-state index in [1.165, 1.54) is 0 Å². The summed E-state index contributed by atoms with van der Waals surface area (Å²) in [5.41, 5.74) is 1.20. The van der Waals surface area contributed by atoms with Gasteiger partial charge in [0.2, 0.25) is 0 Å². The predicted molar refractivity (Wildman–Crippen MR) is 64.8 cm³/mol. The maximum absolute atomic E-state index is 11.9. The summed E-state index contributed by atoms with van der Waals surface area (Å²) < 4.78 is 15.2. The SMILES string of the molecule is COc1ccc(C2=C3OC(=O)C(C)=C3OC2=O)cc1. The van der Waals surface area contributed by atoms with Crippen LogP contribution in [-0.2, 0) is 19.1 Å². The molecule has 0 fully saturated rings. The Morgan fingerprint density at radius 1 is 0.947 bits per heavy atom. The van der Waals surface area contributed by atoms with Gasteiger partial charge in [0.15, 0.2) is 11.5 Å². The number of carbonyl (C=O) groups excluding carboxylic acids is 2. The quantitative estimate of drug-likeness (QED) is 0.757. The zero-order valence-corrected chi connectivity index (χ0v) is 10.4. The molecule has 0 spiro atoms. The van der Waals surface area contributed by atoms with Gasteiger partial charge in [0.1, 0.15) is 11.3 Å². The van der Waals surface area contributed by atoms with Gasteiger partial charge < -0.3 is 14.2 Å². The van der Waals surface area contributed by atoms with E-state index in [1.807, 2.05) is 0 Å². The predicted octanol–water partition coefficient (Wildman–Crippen LogP) is 1.79. The lowest BCUT2D eigenvalue weighted by atomic mass is 10.1. The van der Waals surface area contributed by atoms with Gasteiger partial charge in [-0.3, -0.25) is 0 Å². The number of hydrogen-bond donors (Lipinski definition) is 0. The summed E-state index contributed by atoms with van der Waals surface area (Å²) >= 11 is 0. The number of rotatable bonds is 2. The fraction of sp³-hybridized carbons (Fsp3) is 0.143. The number of ether oxygens (including phenoxy) is 3. The van der Waals surface area contributed by atoms with Gasteiger partial charge in [-0.2, -0.15) is 0 Å².